The first-order chi connectivity index (χ1) is 7.04. The summed E-state index contributed by atoms with van der Waals surface area (Å²) in [5, 5.41) is 9.22. The number of halogens is 1. The number of likely N-dealkylation sites (N-methyl/N-ethyl adjacent to an activating group) is 1. The van der Waals surface area contributed by atoms with Gasteiger partial charge in [-0.05, 0) is 28.9 Å². The van der Waals surface area contributed by atoms with Crippen LogP contribution in [0.2, 0.25) is 0 Å². The predicted molar refractivity (Wildman–Crippen MR) is 65.9 cm³/mol. The Bertz CT molecular complexity index is 366. The Morgan fingerprint density at radius 3 is 2.87 bits per heavy atom. The van der Waals surface area contributed by atoms with E-state index in [1.807, 2.05) is 24.9 Å². The summed E-state index contributed by atoms with van der Waals surface area (Å²) < 4.78 is 0.874. The number of hydrogen-bond acceptors (Lipinski definition) is 3. The summed E-state index contributed by atoms with van der Waals surface area (Å²) in [4.78, 5) is 6.25. The highest BCUT2D eigenvalue weighted by molar-refractivity contribution is 9.10. The maximum atomic E-state index is 9.22. The second kappa shape index (κ2) is 5.28. The van der Waals surface area contributed by atoms with Gasteiger partial charge in [0.05, 0.1) is 6.61 Å². The van der Waals surface area contributed by atoms with Crippen molar-refractivity contribution in [2.45, 2.75) is 13.5 Å². The first-order valence-electron chi connectivity index (χ1n) is 4.65. The molecule has 0 saturated carbocycles. The average Bonchev–Trinajstić information content (AvgIpc) is 2.16. The molecule has 0 amide bonds. The van der Waals surface area contributed by atoms with Crippen molar-refractivity contribution in [3.63, 3.8) is 0 Å². The number of aliphatic hydroxyl groups excluding tert-OH is 1. The lowest BCUT2D eigenvalue weighted by Crippen LogP contribution is -2.21. The molecule has 1 rings (SSSR count). The van der Waals surface area contributed by atoms with Crippen LogP contribution in [-0.2, 0) is 6.61 Å². The largest absolute Gasteiger partial charge is 0.392 e. The molecule has 0 fully saturated rings. The van der Waals surface area contributed by atoms with Crippen molar-refractivity contribution in [1.29, 1.82) is 0 Å². The monoisotopic (exact) mass is 270 g/mol. The van der Waals surface area contributed by atoms with E-state index >= 15 is 0 Å². The SMILES string of the molecule is C=C(C)CN(C)c1ncc(Br)cc1CO. The van der Waals surface area contributed by atoms with Gasteiger partial charge in [-0.25, -0.2) is 4.98 Å². The molecule has 1 heterocycles. The van der Waals surface area contributed by atoms with Gasteiger partial charge >= 0.3 is 0 Å². The minimum absolute atomic E-state index is 0.0116. The van der Waals surface area contributed by atoms with E-state index in [1.165, 1.54) is 0 Å². The molecule has 0 aliphatic heterocycles. The summed E-state index contributed by atoms with van der Waals surface area (Å²) in [5.41, 5.74) is 1.87. The fourth-order valence-corrected chi connectivity index (χ4v) is 1.79. The molecule has 3 nitrogen and oxygen atoms in total. The van der Waals surface area contributed by atoms with Crippen LogP contribution in [0.25, 0.3) is 0 Å². The zero-order valence-electron chi connectivity index (χ0n) is 9.00. The Hall–Kier alpha value is -0.870. The maximum absolute atomic E-state index is 9.22. The van der Waals surface area contributed by atoms with Crippen molar-refractivity contribution in [3.05, 3.63) is 34.5 Å². The van der Waals surface area contributed by atoms with Gasteiger partial charge in [-0.3, -0.25) is 0 Å². The first-order valence-corrected chi connectivity index (χ1v) is 5.44. The number of hydrogen-bond donors (Lipinski definition) is 1. The van der Waals surface area contributed by atoms with Crippen molar-refractivity contribution in [3.8, 4) is 0 Å². The number of aromatic nitrogens is 1. The highest BCUT2D eigenvalue weighted by Crippen LogP contribution is 2.21. The average molecular weight is 271 g/mol. The molecule has 1 aromatic rings. The van der Waals surface area contributed by atoms with Gasteiger partial charge in [0.15, 0.2) is 0 Å². The Labute approximate surface area is 98.6 Å². The van der Waals surface area contributed by atoms with E-state index in [-0.39, 0.29) is 6.61 Å². The Morgan fingerprint density at radius 2 is 2.33 bits per heavy atom. The third kappa shape index (κ3) is 3.32. The van der Waals surface area contributed by atoms with E-state index in [2.05, 4.69) is 27.5 Å². The molecule has 1 N–H and O–H groups in total. The molecular weight excluding hydrogens is 256 g/mol. The van der Waals surface area contributed by atoms with Gasteiger partial charge in [0, 0.05) is 29.8 Å². The normalized spacial score (nSPS) is 10.1. The second-order valence-corrected chi connectivity index (χ2v) is 4.52. The number of pyridine rings is 1. The molecular formula is C11H15BrN2O. The van der Waals surface area contributed by atoms with Gasteiger partial charge in [0.2, 0.25) is 0 Å². The van der Waals surface area contributed by atoms with E-state index in [4.69, 9.17) is 0 Å². The molecule has 4 heteroatoms. The van der Waals surface area contributed by atoms with Crippen molar-refractivity contribution in [2.24, 2.45) is 0 Å². The molecule has 0 aliphatic rings. The summed E-state index contributed by atoms with van der Waals surface area (Å²) >= 11 is 3.33. The van der Waals surface area contributed by atoms with Crippen LogP contribution < -0.4 is 4.90 Å². The molecule has 0 bridgehead atoms. The van der Waals surface area contributed by atoms with E-state index in [1.54, 1.807) is 6.20 Å². The highest BCUT2D eigenvalue weighted by Gasteiger charge is 2.08. The van der Waals surface area contributed by atoms with Gasteiger partial charge in [-0.2, -0.15) is 0 Å². The van der Waals surface area contributed by atoms with E-state index in [9.17, 15) is 5.11 Å². The number of anilines is 1. The molecule has 15 heavy (non-hydrogen) atoms. The molecule has 0 aliphatic carbocycles. The van der Waals surface area contributed by atoms with E-state index in [0.717, 1.165) is 28.0 Å². The van der Waals surface area contributed by atoms with Crippen molar-refractivity contribution in [2.75, 3.05) is 18.5 Å². The van der Waals surface area contributed by atoms with Gasteiger partial charge in [-0.15, -0.1) is 0 Å². The van der Waals surface area contributed by atoms with E-state index in [0.29, 0.717) is 0 Å². The fourth-order valence-electron chi connectivity index (χ4n) is 1.41. The molecule has 0 unspecified atom stereocenters. The van der Waals surface area contributed by atoms with Gasteiger partial charge < -0.3 is 10.0 Å². The Balaban J connectivity index is 2.97. The molecule has 0 atom stereocenters. The molecule has 0 aromatic carbocycles. The maximum Gasteiger partial charge on any atom is 0.134 e. The smallest absolute Gasteiger partial charge is 0.134 e. The van der Waals surface area contributed by atoms with Crippen LogP contribution in [0.15, 0.2) is 28.9 Å². The summed E-state index contributed by atoms with van der Waals surface area (Å²) in [6, 6.07) is 1.87. The zero-order valence-corrected chi connectivity index (χ0v) is 10.6. The molecule has 82 valence electrons. The van der Waals surface area contributed by atoms with Crippen molar-refractivity contribution < 1.29 is 5.11 Å². The lowest BCUT2D eigenvalue weighted by Gasteiger charge is -2.20. The van der Waals surface area contributed by atoms with Crippen LogP contribution in [0.1, 0.15) is 12.5 Å². The predicted octanol–water partition coefficient (Wildman–Crippen LogP) is 2.35. The second-order valence-electron chi connectivity index (χ2n) is 3.61. The van der Waals surface area contributed by atoms with Crippen LogP contribution >= 0.6 is 15.9 Å². The van der Waals surface area contributed by atoms with Crippen LogP contribution in [0.3, 0.4) is 0 Å². The van der Waals surface area contributed by atoms with Gasteiger partial charge in [0.1, 0.15) is 5.82 Å². The minimum atomic E-state index is -0.0116. The molecule has 1 aromatic heterocycles. The third-order valence-electron chi connectivity index (χ3n) is 1.95. The van der Waals surface area contributed by atoms with Gasteiger partial charge in [-0.1, -0.05) is 12.2 Å². The zero-order chi connectivity index (χ0) is 11.4. The van der Waals surface area contributed by atoms with Crippen LogP contribution in [-0.4, -0.2) is 23.7 Å². The van der Waals surface area contributed by atoms with E-state index < -0.39 is 0 Å². The summed E-state index contributed by atoms with van der Waals surface area (Å²) in [6.45, 7) is 6.54. The summed E-state index contributed by atoms with van der Waals surface area (Å²) in [5.74, 6) is 0.795. The minimum Gasteiger partial charge on any atom is -0.392 e. The lowest BCUT2D eigenvalue weighted by molar-refractivity contribution is 0.281. The topological polar surface area (TPSA) is 36.4 Å². The first kappa shape index (κ1) is 12.2. The molecule has 0 saturated heterocycles. The third-order valence-corrected chi connectivity index (χ3v) is 2.38. The number of rotatable bonds is 4. The molecule has 0 spiro atoms. The van der Waals surface area contributed by atoms with Crippen molar-refractivity contribution in [1.82, 2.24) is 4.98 Å². The number of nitrogens with zero attached hydrogens (tertiary/aromatic N) is 2. The van der Waals surface area contributed by atoms with Crippen LogP contribution in [0.4, 0.5) is 5.82 Å². The molecule has 0 radical (unpaired) electrons. The van der Waals surface area contributed by atoms with Crippen molar-refractivity contribution >= 4 is 21.7 Å². The highest BCUT2D eigenvalue weighted by atomic mass is 79.9. The lowest BCUT2D eigenvalue weighted by atomic mass is 10.2. The standard InChI is InChI=1S/C11H15BrN2O/c1-8(2)6-14(3)11-9(7-15)4-10(12)5-13-11/h4-5,15H,1,6-7H2,2-3H3. The quantitative estimate of drug-likeness (QED) is 0.854. The summed E-state index contributed by atoms with van der Waals surface area (Å²) in [7, 11) is 1.93. The van der Waals surface area contributed by atoms with Crippen LogP contribution in [0, 0.1) is 0 Å². The summed E-state index contributed by atoms with van der Waals surface area (Å²) in [6.07, 6.45) is 1.73. The van der Waals surface area contributed by atoms with Crippen LogP contribution in [0.5, 0.6) is 0 Å². The Kier molecular flexibility index (Phi) is 4.29. The Morgan fingerprint density at radius 1 is 1.67 bits per heavy atom. The fraction of sp³-hybridized carbons (Fsp3) is 0.364. The number of aliphatic hydroxyl groups is 1. The van der Waals surface area contributed by atoms with Gasteiger partial charge in [0.25, 0.3) is 0 Å².